The van der Waals surface area contributed by atoms with Gasteiger partial charge in [0.15, 0.2) is 9.84 Å². The third-order valence-corrected chi connectivity index (χ3v) is 15.0. The van der Waals surface area contributed by atoms with Crippen molar-refractivity contribution in [2.24, 2.45) is 46.3 Å². The summed E-state index contributed by atoms with van der Waals surface area (Å²) in [7, 11) is -4.02. The SMILES string of the molecule is CC(=O)O[C@@H]1CC[C@@]2(C)[C@@H](C1)C[C@@H](OC(C)=O)[C@@H]1[C@@H]2[C@@H](S(=O)(=O)c2ccc(C)cc2)[C@@H]2OC(=O)CC[C@@H](C)[C@H]3CC[C@@H]1[C@@]32C. The Morgan fingerprint density at radius 1 is 0.932 bits per heavy atom. The van der Waals surface area contributed by atoms with Gasteiger partial charge >= 0.3 is 17.9 Å². The zero-order chi connectivity index (χ0) is 31.8. The van der Waals surface area contributed by atoms with Crippen molar-refractivity contribution in [1.29, 1.82) is 0 Å². The van der Waals surface area contributed by atoms with Crippen LogP contribution in [0.25, 0.3) is 0 Å². The summed E-state index contributed by atoms with van der Waals surface area (Å²) >= 11 is 0. The van der Waals surface area contributed by atoms with Crippen LogP contribution in [0, 0.1) is 53.3 Å². The average molecular weight is 629 g/mol. The quantitative estimate of drug-likeness (QED) is 0.302. The molecule has 242 valence electrons. The van der Waals surface area contributed by atoms with Crippen molar-refractivity contribution < 1.29 is 37.0 Å². The molecule has 4 saturated carbocycles. The van der Waals surface area contributed by atoms with E-state index in [0.717, 1.165) is 18.4 Å². The summed E-state index contributed by atoms with van der Waals surface area (Å²) in [4.78, 5) is 38.2. The molecular formula is C35H48O8S. The van der Waals surface area contributed by atoms with E-state index in [1.54, 1.807) is 12.1 Å². The lowest BCUT2D eigenvalue weighted by Gasteiger charge is -2.66. The van der Waals surface area contributed by atoms with Gasteiger partial charge in [-0.15, -0.1) is 0 Å². The van der Waals surface area contributed by atoms with Crippen LogP contribution in [0.3, 0.4) is 0 Å². The number of ether oxygens (including phenoxy) is 3. The summed E-state index contributed by atoms with van der Waals surface area (Å²) in [6, 6.07) is 6.99. The fourth-order valence-corrected chi connectivity index (χ4v) is 13.4. The lowest BCUT2D eigenvalue weighted by Crippen LogP contribution is -2.70. The molecule has 0 radical (unpaired) electrons. The zero-order valence-corrected chi connectivity index (χ0v) is 27.7. The lowest BCUT2D eigenvalue weighted by atomic mass is 9.42. The van der Waals surface area contributed by atoms with Crippen molar-refractivity contribution in [3.8, 4) is 0 Å². The predicted molar refractivity (Wildman–Crippen MR) is 163 cm³/mol. The van der Waals surface area contributed by atoms with Gasteiger partial charge in [0.25, 0.3) is 0 Å². The van der Waals surface area contributed by atoms with E-state index in [9.17, 15) is 14.4 Å². The van der Waals surface area contributed by atoms with E-state index in [1.165, 1.54) is 13.8 Å². The Morgan fingerprint density at radius 2 is 1.59 bits per heavy atom. The standard InChI is InChI=1S/C35H48O8S/c1-19-7-10-25(11-8-19)44(39,40)32-31-30(27-13-12-26-20(2)9-14-29(38)43-33(32)35(26,27)6)28(42-22(4)37)18-23-17-24(41-21(3)36)15-16-34(23,31)5/h7-8,10-11,20,23-24,26-28,30-33H,9,12-18H2,1-6H3/t20-,23+,24-,26-,27+,28-,30-,31-,32-,33+,34+,35-/m1/s1. The van der Waals surface area contributed by atoms with Gasteiger partial charge in [0, 0.05) is 31.6 Å². The topological polar surface area (TPSA) is 113 Å². The minimum atomic E-state index is -4.02. The molecule has 0 aromatic heterocycles. The number of hydrogen-bond donors (Lipinski definition) is 0. The van der Waals surface area contributed by atoms with Gasteiger partial charge < -0.3 is 14.2 Å². The number of aryl methyl sites for hydroxylation is 1. The Bertz CT molecular complexity index is 1420. The molecular weight excluding hydrogens is 580 g/mol. The number of fused-ring (bicyclic) bond motifs is 4. The van der Waals surface area contributed by atoms with Crippen molar-refractivity contribution in [3.05, 3.63) is 29.8 Å². The molecule has 1 aromatic rings. The van der Waals surface area contributed by atoms with Crippen molar-refractivity contribution in [3.63, 3.8) is 0 Å². The van der Waals surface area contributed by atoms with Crippen LogP contribution in [0.2, 0.25) is 0 Å². The Morgan fingerprint density at radius 3 is 2.25 bits per heavy atom. The van der Waals surface area contributed by atoms with Gasteiger partial charge in [-0.2, -0.15) is 0 Å². The van der Waals surface area contributed by atoms with Crippen LogP contribution in [0.1, 0.15) is 91.5 Å². The molecule has 0 unspecified atom stereocenters. The van der Waals surface area contributed by atoms with Crippen molar-refractivity contribution >= 4 is 27.7 Å². The minimum absolute atomic E-state index is 0.0355. The normalized spacial score (nSPS) is 43.3. The molecule has 0 N–H and O–H groups in total. The molecule has 1 heterocycles. The molecule has 5 fully saturated rings. The van der Waals surface area contributed by atoms with Crippen LogP contribution >= 0.6 is 0 Å². The summed E-state index contributed by atoms with van der Waals surface area (Å²) in [5.74, 6) is -1.23. The van der Waals surface area contributed by atoms with E-state index in [-0.39, 0.29) is 64.9 Å². The lowest BCUT2D eigenvalue weighted by molar-refractivity contribution is -0.225. The Balaban J connectivity index is 1.58. The highest BCUT2D eigenvalue weighted by atomic mass is 32.2. The highest BCUT2D eigenvalue weighted by Gasteiger charge is 2.73. The third-order valence-electron chi connectivity index (χ3n) is 12.8. The number of rotatable bonds is 4. The van der Waals surface area contributed by atoms with Crippen molar-refractivity contribution in [1.82, 2.24) is 0 Å². The largest absolute Gasteiger partial charge is 0.463 e. The molecule has 0 bridgehead atoms. The number of sulfone groups is 1. The first-order chi connectivity index (χ1) is 20.7. The molecule has 4 aliphatic carbocycles. The third kappa shape index (κ3) is 4.91. The smallest absolute Gasteiger partial charge is 0.306 e. The van der Waals surface area contributed by atoms with Crippen LogP contribution < -0.4 is 0 Å². The second-order valence-corrected chi connectivity index (χ2v) is 17.2. The first kappa shape index (κ1) is 31.6. The molecule has 6 rings (SSSR count). The van der Waals surface area contributed by atoms with Gasteiger partial charge in [0.05, 0.1) is 4.90 Å². The van der Waals surface area contributed by atoms with Crippen LogP contribution in [0.4, 0.5) is 0 Å². The maximum Gasteiger partial charge on any atom is 0.306 e. The first-order valence-electron chi connectivity index (χ1n) is 16.5. The zero-order valence-electron chi connectivity index (χ0n) is 26.9. The molecule has 0 amide bonds. The minimum Gasteiger partial charge on any atom is -0.463 e. The van der Waals surface area contributed by atoms with Crippen molar-refractivity contribution in [2.45, 2.75) is 121 Å². The summed E-state index contributed by atoms with van der Waals surface area (Å²) in [5, 5.41) is -0.998. The van der Waals surface area contributed by atoms with Gasteiger partial charge in [-0.3, -0.25) is 14.4 Å². The number of carbonyl (C=O) groups excluding carboxylic acids is 3. The number of benzene rings is 1. The molecule has 1 aliphatic heterocycles. The van der Waals surface area contributed by atoms with Gasteiger partial charge in [0.2, 0.25) is 0 Å². The Kier molecular flexibility index (Phi) is 7.98. The highest BCUT2D eigenvalue weighted by Crippen LogP contribution is 2.71. The predicted octanol–water partition coefficient (Wildman–Crippen LogP) is 5.83. The number of carbonyl (C=O) groups is 3. The first-order valence-corrected chi connectivity index (χ1v) is 18.1. The molecule has 1 saturated heterocycles. The van der Waals surface area contributed by atoms with E-state index < -0.39 is 44.0 Å². The van der Waals surface area contributed by atoms with Crippen LogP contribution in [0.5, 0.6) is 0 Å². The fraction of sp³-hybridized carbons (Fsp3) is 0.743. The average Bonchev–Trinajstić information content (AvgIpc) is 3.29. The molecule has 5 aliphatic rings. The van der Waals surface area contributed by atoms with Crippen LogP contribution in [-0.4, -0.2) is 49.9 Å². The van der Waals surface area contributed by atoms with Gasteiger partial charge in [-0.1, -0.05) is 38.5 Å². The molecule has 12 atom stereocenters. The van der Waals surface area contributed by atoms with E-state index in [2.05, 4.69) is 20.8 Å². The van der Waals surface area contributed by atoms with Crippen molar-refractivity contribution in [2.75, 3.05) is 0 Å². The molecule has 9 heteroatoms. The Labute approximate surface area is 261 Å². The highest BCUT2D eigenvalue weighted by molar-refractivity contribution is 7.92. The van der Waals surface area contributed by atoms with Crippen LogP contribution in [-0.2, 0) is 38.4 Å². The molecule has 0 spiro atoms. The van der Waals surface area contributed by atoms with E-state index in [1.807, 2.05) is 19.1 Å². The van der Waals surface area contributed by atoms with Crippen LogP contribution in [0.15, 0.2) is 29.2 Å². The van der Waals surface area contributed by atoms with Gasteiger partial charge in [-0.05, 0) is 99.0 Å². The van der Waals surface area contributed by atoms with E-state index >= 15 is 8.42 Å². The summed E-state index contributed by atoms with van der Waals surface area (Å²) in [5.41, 5.74) is -0.0847. The maximum absolute atomic E-state index is 15.2. The van der Waals surface area contributed by atoms with Gasteiger partial charge in [0.1, 0.15) is 23.6 Å². The molecule has 1 aromatic carbocycles. The molecule has 8 nitrogen and oxygen atoms in total. The summed E-state index contributed by atoms with van der Waals surface area (Å²) < 4.78 is 48.6. The second kappa shape index (κ2) is 11.1. The summed E-state index contributed by atoms with van der Waals surface area (Å²) in [6.07, 6.45) is 3.74. The summed E-state index contributed by atoms with van der Waals surface area (Å²) in [6.45, 7) is 11.3. The molecule has 44 heavy (non-hydrogen) atoms. The fourth-order valence-electron chi connectivity index (χ4n) is 11.0. The number of esters is 3. The second-order valence-electron chi connectivity index (χ2n) is 15.1. The Hall–Kier alpha value is -2.42. The van der Waals surface area contributed by atoms with E-state index in [4.69, 9.17) is 14.2 Å². The monoisotopic (exact) mass is 628 g/mol. The number of hydrogen-bond acceptors (Lipinski definition) is 8. The van der Waals surface area contributed by atoms with E-state index in [0.29, 0.717) is 32.1 Å². The maximum atomic E-state index is 15.2. The van der Waals surface area contributed by atoms with Gasteiger partial charge in [-0.25, -0.2) is 8.42 Å².